The Bertz CT molecular complexity index is 563. The fraction of sp³-hybridized carbons (Fsp3) is 0.500. The number of sulfonamides is 1. The van der Waals surface area contributed by atoms with E-state index in [1.807, 2.05) is 0 Å². The van der Waals surface area contributed by atoms with E-state index in [1.54, 1.807) is 12.1 Å². The van der Waals surface area contributed by atoms with Crippen molar-refractivity contribution in [3.05, 3.63) is 21.1 Å². The number of rotatable bonds is 5. The van der Waals surface area contributed by atoms with Crippen LogP contribution in [0.3, 0.4) is 0 Å². The summed E-state index contributed by atoms with van der Waals surface area (Å²) in [6.07, 6.45) is 1.78. The second kappa shape index (κ2) is 6.74. The second-order valence-electron chi connectivity index (χ2n) is 4.73. The predicted molar refractivity (Wildman–Crippen MR) is 85.0 cm³/mol. The zero-order valence-electron chi connectivity index (χ0n) is 10.7. The lowest BCUT2D eigenvalue weighted by Crippen LogP contribution is -2.27. The van der Waals surface area contributed by atoms with E-state index in [1.165, 1.54) is 0 Å². The van der Waals surface area contributed by atoms with Gasteiger partial charge in [0.2, 0.25) is 10.0 Å². The van der Waals surface area contributed by atoms with E-state index < -0.39 is 10.0 Å². The number of ether oxygens (including phenoxy) is 1. The Morgan fingerprint density at radius 3 is 2.55 bits per heavy atom. The summed E-state index contributed by atoms with van der Waals surface area (Å²) in [6.45, 7) is 1.89. The maximum Gasteiger partial charge on any atom is 0.242 e. The van der Waals surface area contributed by atoms with Crippen molar-refractivity contribution >= 4 is 47.6 Å². The fourth-order valence-electron chi connectivity index (χ4n) is 2.12. The third kappa shape index (κ3) is 3.94. The smallest absolute Gasteiger partial charge is 0.242 e. The summed E-state index contributed by atoms with van der Waals surface area (Å²) >= 11 is 6.49. The molecule has 1 fully saturated rings. The van der Waals surface area contributed by atoms with Crippen LogP contribution in [0.5, 0.6) is 0 Å². The maximum absolute atomic E-state index is 12.3. The lowest BCUT2D eigenvalue weighted by Gasteiger charge is -2.12. The van der Waals surface area contributed by atoms with Crippen molar-refractivity contribution in [1.82, 2.24) is 4.72 Å². The molecule has 0 bridgehead atoms. The molecule has 0 amide bonds. The monoisotopic (exact) mass is 426 g/mol. The molecule has 1 atom stereocenters. The molecule has 8 heteroatoms. The van der Waals surface area contributed by atoms with E-state index in [4.69, 9.17) is 10.5 Å². The van der Waals surface area contributed by atoms with Crippen LogP contribution in [0.1, 0.15) is 12.8 Å². The molecule has 1 aliphatic heterocycles. The van der Waals surface area contributed by atoms with Gasteiger partial charge >= 0.3 is 0 Å². The summed E-state index contributed by atoms with van der Waals surface area (Å²) in [5, 5.41) is 0. The second-order valence-corrected chi connectivity index (χ2v) is 8.14. The van der Waals surface area contributed by atoms with Gasteiger partial charge in [0, 0.05) is 34.4 Å². The van der Waals surface area contributed by atoms with Crippen molar-refractivity contribution in [2.75, 3.05) is 25.5 Å². The molecule has 1 saturated heterocycles. The zero-order valence-corrected chi connectivity index (χ0v) is 14.7. The lowest BCUT2D eigenvalue weighted by atomic mass is 10.1. The summed E-state index contributed by atoms with van der Waals surface area (Å²) in [4.78, 5) is 0.175. The molecular weight excluding hydrogens is 412 g/mol. The average molecular weight is 428 g/mol. The standard InChI is InChI=1S/C12H16Br2N2O3S/c13-10-5-9(15)6-11(14)12(10)20(17,18)16-3-1-8-2-4-19-7-8/h5-6,8,16H,1-4,7,15H2. The molecule has 1 aromatic rings. The van der Waals surface area contributed by atoms with Gasteiger partial charge in [0.15, 0.2) is 0 Å². The molecule has 1 aromatic carbocycles. The Hall–Kier alpha value is -0.150. The Morgan fingerprint density at radius 2 is 2.00 bits per heavy atom. The van der Waals surface area contributed by atoms with Crippen molar-refractivity contribution < 1.29 is 13.2 Å². The molecule has 3 N–H and O–H groups in total. The number of benzene rings is 1. The summed E-state index contributed by atoms with van der Waals surface area (Å²) in [5.41, 5.74) is 6.16. The van der Waals surface area contributed by atoms with E-state index in [0.717, 1.165) is 26.1 Å². The van der Waals surface area contributed by atoms with Gasteiger partial charge in [-0.3, -0.25) is 0 Å². The van der Waals surface area contributed by atoms with E-state index in [2.05, 4.69) is 36.6 Å². The molecule has 0 aliphatic carbocycles. The Labute approximate surface area is 135 Å². The van der Waals surface area contributed by atoms with Crippen molar-refractivity contribution in [3.8, 4) is 0 Å². The molecule has 20 heavy (non-hydrogen) atoms. The highest BCUT2D eigenvalue weighted by Crippen LogP contribution is 2.32. The third-order valence-electron chi connectivity index (χ3n) is 3.16. The number of hydrogen-bond donors (Lipinski definition) is 2. The molecule has 1 heterocycles. The molecule has 1 aliphatic rings. The van der Waals surface area contributed by atoms with Crippen LogP contribution in [-0.2, 0) is 14.8 Å². The SMILES string of the molecule is Nc1cc(Br)c(S(=O)(=O)NCCC2CCOC2)c(Br)c1. The van der Waals surface area contributed by atoms with Crippen molar-refractivity contribution in [2.45, 2.75) is 17.7 Å². The van der Waals surface area contributed by atoms with Gasteiger partial charge in [-0.25, -0.2) is 13.1 Å². The van der Waals surface area contributed by atoms with Crippen LogP contribution in [-0.4, -0.2) is 28.2 Å². The van der Waals surface area contributed by atoms with E-state index in [-0.39, 0.29) is 4.90 Å². The summed E-state index contributed by atoms with van der Waals surface area (Å²) in [7, 11) is -3.57. The van der Waals surface area contributed by atoms with Gasteiger partial charge in [0.1, 0.15) is 4.90 Å². The summed E-state index contributed by atoms with van der Waals surface area (Å²) in [5.74, 6) is 0.441. The normalized spacial score (nSPS) is 19.4. The van der Waals surface area contributed by atoms with Gasteiger partial charge < -0.3 is 10.5 Å². The quantitative estimate of drug-likeness (QED) is 0.707. The minimum Gasteiger partial charge on any atom is -0.399 e. The van der Waals surface area contributed by atoms with Crippen LogP contribution in [0.25, 0.3) is 0 Å². The maximum atomic E-state index is 12.3. The van der Waals surface area contributed by atoms with Crippen molar-refractivity contribution in [1.29, 1.82) is 0 Å². The van der Waals surface area contributed by atoms with Gasteiger partial charge in [-0.1, -0.05) is 0 Å². The van der Waals surface area contributed by atoms with Crippen LogP contribution in [0.4, 0.5) is 5.69 Å². The Morgan fingerprint density at radius 1 is 1.35 bits per heavy atom. The average Bonchev–Trinajstić information content (AvgIpc) is 2.79. The lowest BCUT2D eigenvalue weighted by molar-refractivity contribution is 0.184. The van der Waals surface area contributed by atoms with Gasteiger partial charge in [0.25, 0.3) is 0 Å². The largest absolute Gasteiger partial charge is 0.399 e. The number of halogens is 2. The molecule has 2 rings (SSSR count). The van der Waals surface area contributed by atoms with Crippen LogP contribution < -0.4 is 10.5 Å². The molecule has 0 aromatic heterocycles. The number of nitrogen functional groups attached to an aromatic ring is 1. The molecule has 112 valence electrons. The highest BCUT2D eigenvalue weighted by molar-refractivity contribution is 9.11. The predicted octanol–water partition coefficient (Wildman–Crippen LogP) is 2.50. The summed E-state index contributed by atoms with van der Waals surface area (Å²) in [6, 6.07) is 3.15. The van der Waals surface area contributed by atoms with E-state index in [0.29, 0.717) is 27.1 Å². The number of nitrogens with one attached hydrogen (secondary N) is 1. The number of anilines is 1. The van der Waals surface area contributed by atoms with Gasteiger partial charge in [-0.05, 0) is 62.8 Å². The molecule has 1 unspecified atom stereocenters. The molecule has 0 radical (unpaired) electrons. The molecule has 0 spiro atoms. The number of nitrogens with two attached hydrogens (primary N) is 1. The first-order chi connectivity index (χ1) is 9.40. The van der Waals surface area contributed by atoms with Crippen LogP contribution in [0.15, 0.2) is 26.0 Å². The zero-order chi connectivity index (χ0) is 14.8. The first-order valence-electron chi connectivity index (χ1n) is 6.22. The molecule has 5 nitrogen and oxygen atoms in total. The van der Waals surface area contributed by atoms with Crippen molar-refractivity contribution in [2.24, 2.45) is 5.92 Å². The van der Waals surface area contributed by atoms with Gasteiger partial charge in [-0.2, -0.15) is 0 Å². The van der Waals surface area contributed by atoms with E-state index in [9.17, 15) is 8.42 Å². The van der Waals surface area contributed by atoms with Crippen LogP contribution in [0, 0.1) is 5.92 Å². The van der Waals surface area contributed by atoms with Gasteiger partial charge in [-0.15, -0.1) is 0 Å². The highest BCUT2D eigenvalue weighted by Gasteiger charge is 2.22. The van der Waals surface area contributed by atoms with Crippen LogP contribution >= 0.6 is 31.9 Å². The minimum absolute atomic E-state index is 0.175. The Balaban J connectivity index is 2.06. The summed E-state index contributed by atoms with van der Waals surface area (Å²) < 4.78 is 33.4. The molecular formula is C12H16Br2N2O3S. The highest BCUT2D eigenvalue weighted by atomic mass is 79.9. The van der Waals surface area contributed by atoms with Crippen molar-refractivity contribution in [3.63, 3.8) is 0 Å². The Kier molecular flexibility index (Phi) is 5.47. The third-order valence-corrected chi connectivity index (χ3v) is 6.50. The van der Waals surface area contributed by atoms with Gasteiger partial charge in [0.05, 0.1) is 0 Å². The first-order valence-corrected chi connectivity index (χ1v) is 9.29. The fourth-order valence-corrected chi connectivity index (χ4v) is 5.78. The first kappa shape index (κ1) is 16.2. The van der Waals surface area contributed by atoms with E-state index >= 15 is 0 Å². The molecule has 0 saturated carbocycles. The minimum atomic E-state index is -3.57. The topological polar surface area (TPSA) is 81.4 Å². The number of hydrogen-bond acceptors (Lipinski definition) is 4. The van der Waals surface area contributed by atoms with Crippen LogP contribution in [0.2, 0.25) is 0 Å².